The van der Waals surface area contributed by atoms with Gasteiger partial charge in [-0.2, -0.15) is 0 Å². The van der Waals surface area contributed by atoms with E-state index < -0.39 is 5.97 Å². The molecule has 1 fully saturated rings. The summed E-state index contributed by atoms with van der Waals surface area (Å²) in [6, 6.07) is 0. The van der Waals surface area contributed by atoms with E-state index in [-0.39, 0.29) is 17.4 Å². The summed E-state index contributed by atoms with van der Waals surface area (Å²) in [5.74, 6) is -0.684. The van der Waals surface area contributed by atoms with E-state index >= 15 is 0 Å². The van der Waals surface area contributed by atoms with E-state index in [4.69, 9.17) is 5.11 Å². The van der Waals surface area contributed by atoms with Gasteiger partial charge < -0.3 is 10.4 Å². The largest absolute Gasteiger partial charge is 0.481 e. The van der Waals surface area contributed by atoms with Crippen molar-refractivity contribution in [1.82, 2.24) is 5.32 Å². The molecule has 2 N–H and O–H groups in total. The van der Waals surface area contributed by atoms with Gasteiger partial charge in [0.1, 0.15) is 0 Å². The van der Waals surface area contributed by atoms with Crippen LogP contribution in [0.2, 0.25) is 0 Å². The Morgan fingerprint density at radius 1 is 1.40 bits per heavy atom. The second kappa shape index (κ2) is 4.52. The normalized spacial score (nSPS) is 29.3. The summed E-state index contributed by atoms with van der Waals surface area (Å²) in [6.45, 7) is 7.49. The molecule has 88 valence electrons. The molecular formula is C12H23NO2. The Kier molecular flexibility index (Phi) is 3.77. The van der Waals surface area contributed by atoms with Gasteiger partial charge in [0.05, 0.1) is 6.42 Å². The maximum Gasteiger partial charge on any atom is 0.305 e. The van der Waals surface area contributed by atoms with Crippen LogP contribution in [0, 0.1) is 5.41 Å². The molecule has 1 aliphatic carbocycles. The third kappa shape index (κ3) is 3.49. The van der Waals surface area contributed by atoms with Gasteiger partial charge >= 0.3 is 5.97 Å². The number of hydrogen-bond donors (Lipinski definition) is 2. The smallest absolute Gasteiger partial charge is 0.305 e. The summed E-state index contributed by atoms with van der Waals surface area (Å²) in [5, 5.41) is 12.4. The van der Waals surface area contributed by atoms with Crippen molar-refractivity contribution in [2.75, 3.05) is 6.54 Å². The van der Waals surface area contributed by atoms with Gasteiger partial charge in [-0.1, -0.05) is 20.8 Å². The highest BCUT2D eigenvalue weighted by atomic mass is 16.4. The number of carboxylic acids is 1. The van der Waals surface area contributed by atoms with E-state index in [9.17, 15) is 4.79 Å². The van der Waals surface area contributed by atoms with Crippen molar-refractivity contribution < 1.29 is 9.90 Å². The van der Waals surface area contributed by atoms with Crippen molar-refractivity contribution in [3.63, 3.8) is 0 Å². The molecule has 1 saturated carbocycles. The lowest BCUT2D eigenvalue weighted by Crippen LogP contribution is -2.45. The Labute approximate surface area is 92.3 Å². The van der Waals surface area contributed by atoms with Crippen LogP contribution in [0.1, 0.15) is 52.9 Å². The van der Waals surface area contributed by atoms with Crippen molar-refractivity contribution in [1.29, 1.82) is 0 Å². The first kappa shape index (κ1) is 12.5. The second-order valence-electron chi connectivity index (χ2n) is 5.62. The van der Waals surface area contributed by atoms with Crippen LogP contribution in [0.25, 0.3) is 0 Å². The van der Waals surface area contributed by atoms with Crippen LogP contribution in [-0.4, -0.2) is 23.2 Å². The standard InChI is InChI=1S/C12H23NO2/c1-4-7-13-12(8-10(14)15)6-5-11(2,3)9-12/h13H,4-9H2,1-3H3,(H,14,15). The molecule has 0 radical (unpaired) electrons. The zero-order valence-corrected chi connectivity index (χ0v) is 10.1. The summed E-state index contributed by atoms with van der Waals surface area (Å²) < 4.78 is 0. The molecule has 0 aliphatic heterocycles. The van der Waals surface area contributed by atoms with E-state index in [1.165, 1.54) is 0 Å². The summed E-state index contributed by atoms with van der Waals surface area (Å²) in [7, 11) is 0. The summed E-state index contributed by atoms with van der Waals surface area (Å²) >= 11 is 0. The molecule has 1 atom stereocenters. The Morgan fingerprint density at radius 3 is 2.47 bits per heavy atom. The maximum atomic E-state index is 10.9. The molecule has 0 heterocycles. The van der Waals surface area contributed by atoms with Crippen molar-refractivity contribution in [3.05, 3.63) is 0 Å². The number of hydrogen-bond acceptors (Lipinski definition) is 2. The van der Waals surface area contributed by atoms with Gasteiger partial charge in [-0.25, -0.2) is 0 Å². The topological polar surface area (TPSA) is 49.3 Å². The van der Waals surface area contributed by atoms with Crippen LogP contribution >= 0.6 is 0 Å². The van der Waals surface area contributed by atoms with Crippen molar-refractivity contribution in [2.24, 2.45) is 5.41 Å². The second-order valence-corrected chi connectivity index (χ2v) is 5.62. The molecule has 0 aromatic heterocycles. The minimum Gasteiger partial charge on any atom is -0.481 e. The van der Waals surface area contributed by atoms with Crippen LogP contribution in [-0.2, 0) is 4.79 Å². The minimum absolute atomic E-state index is 0.147. The van der Waals surface area contributed by atoms with Crippen molar-refractivity contribution in [3.8, 4) is 0 Å². The van der Waals surface area contributed by atoms with Crippen LogP contribution in [0.3, 0.4) is 0 Å². The highest BCUT2D eigenvalue weighted by Gasteiger charge is 2.43. The average molecular weight is 213 g/mol. The van der Waals surface area contributed by atoms with Gasteiger partial charge in [-0.05, 0) is 37.6 Å². The molecule has 3 heteroatoms. The van der Waals surface area contributed by atoms with E-state index in [1.807, 2.05) is 0 Å². The first-order valence-corrected chi connectivity index (χ1v) is 5.86. The predicted octanol–water partition coefficient (Wildman–Crippen LogP) is 2.41. The van der Waals surface area contributed by atoms with E-state index in [2.05, 4.69) is 26.1 Å². The SMILES string of the molecule is CCCNC1(CC(=O)O)CCC(C)(C)C1. The fourth-order valence-electron chi connectivity index (χ4n) is 2.71. The predicted molar refractivity (Wildman–Crippen MR) is 60.9 cm³/mol. The highest BCUT2D eigenvalue weighted by molar-refractivity contribution is 5.68. The molecular weight excluding hydrogens is 190 g/mol. The molecule has 0 aromatic carbocycles. The van der Waals surface area contributed by atoms with Gasteiger partial charge in [0, 0.05) is 5.54 Å². The fraction of sp³-hybridized carbons (Fsp3) is 0.917. The first-order valence-electron chi connectivity index (χ1n) is 5.86. The van der Waals surface area contributed by atoms with Gasteiger partial charge in [0.2, 0.25) is 0 Å². The van der Waals surface area contributed by atoms with E-state index in [0.717, 1.165) is 32.2 Å². The minimum atomic E-state index is -0.684. The first-order chi connectivity index (χ1) is 6.89. The zero-order valence-electron chi connectivity index (χ0n) is 10.1. The molecule has 0 amide bonds. The summed E-state index contributed by atoms with van der Waals surface area (Å²) in [4.78, 5) is 10.9. The van der Waals surface area contributed by atoms with Crippen molar-refractivity contribution in [2.45, 2.75) is 58.4 Å². The highest BCUT2D eigenvalue weighted by Crippen LogP contribution is 2.45. The molecule has 0 bridgehead atoms. The van der Waals surface area contributed by atoms with Crippen LogP contribution < -0.4 is 5.32 Å². The van der Waals surface area contributed by atoms with Gasteiger partial charge in [-0.3, -0.25) is 4.79 Å². The van der Waals surface area contributed by atoms with Gasteiger partial charge in [-0.15, -0.1) is 0 Å². The number of carbonyl (C=O) groups is 1. The quantitative estimate of drug-likeness (QED) is 0.737. The number of carboxylic acid groups (broad SMARTS) is 1. The van der Waals surface area contributed by atoms with E-state index in [0.29, 0.717) is 0 Å². The molecule has 0 aromatic rings. The third-order valence-corrected chi connectivity index (χ3v) is 3.34. The average Bonchev–Trinajstić information content (AvgIpc) is 2.38. The number of rotatable bonds is 5. The van der Waals surface area contributed by atoms with Crippen LogP contribution in [0.15, 0.2) is 0 Å². The third-order valence-electron chi connectivity index (χ3n) is 3.34. The lowest BCUT2D eigenvalue weighted by molar-refractivity contribution is -0.138. The lowest BCUT2D eigenvalue weighted by atomic mass is 9.86. The molecule has 1 rings (SSSR count). The van der Waals surface area contributed by atoms with Crippen molar-refractivity contribution >= 4 is 5.97 Å². The molecule has 1 unspecified atom stereocenters. The molecule has 0 saturated heterocycles. The summed E-state index contributed by atoms with van der Waals surface area (Å²) in [6.07, 6.45) is 4.41. The van der Waals surface area contributed by atoms with Crippen LogP contribution in [0.4, 0.5) is 0 Å². The molecule has 15 heavy (non-hydrogen) atoms. The van der Waals surface area contributed by atoms with E-state index in [1.54, 1.807) is 0 Å². The number of nitrogens with one attached hydrogen (secondary N) is 1. The monoisotopic (exact) mass is 213 g/mol. The summed E-state index contributed by atoms with van der Waals surface area (Å²) in [5.41, 5.74) is 0.140. The number of aliphatic carboxylic acids is 1. The maximum absolute atomic E-state index is 10.9. The Hall–Kier alpha value is -0.570. The van der Waals surface area contributed by atoms with Gasteiger partial charge in [0.25, 0.3) is 0 Å². The Balaban J connectivity index is 2.66. The zero-order chi connectivity index (χ0) is 11.5. The molecule has 1 aliphatic rings. The molecule has 0 spiro atoms. The fourth-order valence-corrected chi connectivity index (χ4v) is 2.71. The van der Waals surface area contributed by atoms with Crippen LogP contribution in [0.5, 0.6) is 0 Å². The lowest BCUT2D eigenvalue weighted by Gasteiger charge is -2.30. The Morgan fingerprint density at radius 2 is 2.07 bits per heavy atom. The molecule has 3 nitrogen and oxygen atoms in total. The van der Waals surface area contributed by atoms with Gasteiger partial charge in [0.15, 0.2) is 0 Å². The Bertz CT molecular complexity index is 238.